The number of ether oxygens (including phenoxy) is 4. The van der Waals surface area contributed by atoms with Gasteiger partial charge in [0.15, 0.2) is 16.3 Å². The standard InChI is InChI=1S/C41H41N3O6S/c1-8-49-35-20-28(14-17-33(35)50-23-32-25(3)18-24(2)19-26(32)4)21-36-40(46)44-38(31-16-15-30(47-6)22-34(31)48-7)37(27(5)42-41(44)51-36)39(45)43-29-12-10-9-11-13-29/h9-22,38H,8,23H2,1-7H3,(H,43,45)/b36-21-/t38-/m1/s1. The molecule has 6 rings (SSSR count). The minimum atomic E-state index is -0.823. The number of nitrogens with zero attached hydrogens (tertiary/aromatic N) is 2. The Morgan fingerprint density at radius 2 is 1.63 bits per heavy atom. The van der Waals surface area contributed by atoms with E-state index in [4.69, 9.17) is 23.9 Å². The van der Waals surface area contributed by atoms with E-state index in [0.29, 0.717) is 68.1 Å². The fourth-order valence-corrected chi connectivity index (χ4v) is 7.46. The summed E-state index contributed by atoms with van der Waals surface area (Å²) in [7, 11) is 3.12. The Kier molecular flexibility index (Phi) is 10.4. The van der Waals surface area contributed by atoms with E-state index in [1.54, 1.807) is 37.8 Å². The Hall–Kier alpha value is -5.61. The largest absolute Gasteiger partial charge is 0.497 e. The van der Waals surface area contributed by atoms with Gasteiger partial charge in [0.05, 0.1) is 36.6 Å². The number of hydrogen-bond donors (Lipinski definition) is 1. The third kappa shape index (κ3) is 7.32. The van der Waals surface area contributed by atoms with Crippen molar-refractivity contribution in [2.45, 2.75) is 47.3 Å². The van der Waals surface area contributed by atoms with E-state index >= 15 is 0 Å². The van der Waals surface area contributed by atoms with Gasteiger partial charge >= 0.3 is 0 Å². The fraction of sp³-hybridized carbons (Fsp3) is 0.244. The summed E-state index contributed by atoms with van der Waals surface area (Å²) in [5.74, 6) is 1.89. The van der Waals surface area contributed by atoms with Crippen molar-refractivity contribution in [1.82, 2.24) is 4.57 Å². The quantitative estimate of drug-likeness (QED) is 0.163. The number of methoxy groups -OCH3 is 2. The molecule has 5 aromatic rings. The minimum Gasteiger partial charge on any atom is -0.497 e. The summed E-state index contributed by atoms with van der Waals surface area (Å²) in [6.07, 6.45) is 1.82. The maximum atomic E-state index is 14.4. The van der Waals surface area contributed by atoms with Crippen LogP contribution in [-0.4, -0.2) is 31.3 Å². The summed E-state index contributed by atoms with van der Waals surface area (Å²) < 4.78 is 25.5. The SMILES string of the molecule is CCOc1cc(/C=c2\sc3n(c2=O)[C@H](c2ccc(OC)cc2OC)C(C(=O)Nc2ccccc2)=C(C)N=3)ccc1OCc1c(C)cc(C)cc1C. The maximum Gasteiger partial charge on any atom is 0.271 e. The van der Waals surface area contributed by atoms with Crippen molar-refractivity contribution in [1.29, 1.82) is 0 Å². The first kappa shape index (κ1) is 35.2. The van der Waals surface area contributed by atoms with Crippen molar-refractivity contribution in [3.05, 3.63) is 143 Å². The molecule has 10 heteroatoms. The van der Waals surface area contributed by atoms with E-state index in [0.717, 1.165) is 11.1 Å². The molecule has 1 N–H and O–H groups in total. The lowest BCUT2D eigenvalue weighted by atomic mass is 9.94. The molecule has 2 heterocycles. The molecule has 1 amide bonds. The molecule has 0 unspecified atom stereocenters. The molecule has 0 saturated heterocycles. The van der Waals surface area contributed by atoms with Crippen molar-refractivity contribution < 1.29 is 23.7 Å². The molecule has 0 spiro atoms. The molecule has 262 valence electrons. The van der Waals surface area contributed by atoms with Crippen LogP contribution < -0.4 is 39.2 Å². The number of allylic oxidation sites excluding steroid dienone is 1. The number of nitrogens with one attached hydrogen (secondary N) is 1. The van der Waals surface area contributed by atoms with E-state index in [9.17, 15) is 9.59 Å². The summed E-state index contributed by atoms with van der Waals surface area (Å²) in [6.45, 7) is 10.8. The van der Waals surface area contributed by atoms with Gasteiger partial charge in [-0.2, -0.15) is 0 Å². The molecule has 0 aliphatic carbocycles. The van der Waals surface area contributed by atoms with Gasteiger partial charge in [-0.1, -0.05) is 53.3 Å². The first-order valence-corrected chi connectivity index (χ1v) is 17.5. The van der Waals surface area contributed by atoms with Crippen LogP contribution in [0.1, 0.15) is 53.3 Å². The average Bonchev–Trinajstić information content (AvgIpc) is 3.41. The molecule has 9 nitrogen and oxygen atoms in total. The van der Waals surface area contributed by atoms with E-state index in [1.165, 1.54) is 28.0 Å². The zero-order valence-corrected chi connectivity index (χ0v) is 30.6. The highest BCUT2D eigenvalue weighted by atomic mass is 32.1. The van der Waals surface area contributed by atoms with Gasteiger partial charge < -0.3 is 24.3 Å². The number of fused-ring (bicyclic) bond motifs is 1. The number of rotatable bonds is 11. The van der Waals surface area contributed by atoms with Gasteiger partial charge in [-0.25, -0.2) is 4.99 Å². The van der Waals surface area contributed by atoms with Crippen molar-refractivity contribution in [3.8, 4) is 23.0 Å². The number of benzene rings is 4. The molecule has 0 fully saturated rings. The van der Waals surface area contributed by atoms with Gasteiger partial charge in [-0.15, -0.1) is 0 Å². The van der Waals surface area contributed by atoms with E-state index in [-0.39, 0.29) is 11.5 Å². The molecular weight excluding hydrogens is 663 g/mol. The number of carbonyl (C=O) groups excluding carboxylic acids is 1. The van der Waals surface area contributed by atoms with Gasteiger partial charge in [0.1, 0.15) is 24.1 Å². The van der Waals surface area contributed by atoms with Crippen LogP contribution >= 0.6 is 11.3 Å². The van der Waals surface area contributed by atoms with E-state index in [2.05, 4.69) is 38.2 Å². The van der Waals surface area contributed by atoms with Crippen LogP contribution in [0.4, 0.5) is 5.69 Å². The third-order valence-corrected chi connectivity index (χ3v) is 9.79. The van der Waals surface area contributed by atoms with Crippen LogP contribution in [0.25, 0.3) is 6.08 Å². The molecule has 1 aromatic heterocycles. The second-order valence-corrected chi connectivity index (χ2v) is 13.3. The smallest absolute Gasteiger partial charge is 0.271 e. The second-order valence-electron chi connectivity index (χ2n) is 12.3. The van der Waals surface area contributed by atoms with Crippen LogP contribution in [-0.2, 0) is 11.4 Å². The number of carbonyl (C=O) groups is 1. The monoisotopic (exact) mass is 703 g/mol. The highest BCUT2D eigenvalue weighted by molar-refractivity contribution is 7.07. The molecule has 1 aliphatic heterocycles. The number of hydrogen-bond acceptors (Lipinski definition) is 8. The highest BCUT2D eigenvalue weighted by Gasteiger charge is 2.34. The Labute approximate surface area is 301 Å². The lowest BCUT2D eigenvalue weighted by Gasteiger charge is -2.26. The molecule has 51 heavy (non-hydrogen) atoms. The summed E-state index contributed by atoms with van der Waals surface area (Å²) >= 11 is 1.26. The lowest BCUT2D eigenvalue weighted by Crippen LogP contribution is -2.40. The van der Waals surface area contributed by atoms with Crippen LogP contribution in [0.2, 0.25) is 0 Å². The van der Waals surface area contributed by atoms with Gasteiger partial charge in [0.2, 0.25) is 0 Å². The molecule has 0 saturated carbocycles. The zero-order valence-electron chi connectivity index (χ0n) is 29.8. The number of anilines is 1. The first-order chi connectivity index (χ1) is 24.6. The normalized spacial score (nSPS) is 14.1. The van der Waals surface area contributed by atoms with Crippen molar-refractivity contribution >= 4 is 29.0 Å². The van der Waals surface area contributed by atoms with Crippen LogP contribution in [0.3, 0.4) is 0 Å². The average molecular weight is 704 g/mol. The molecule has 4 aromatic carbocycles. The van der Waals surface area contributed by atoms with Crippen molar-refractivity contribution in [2.24, 2.45) is 4.99 Å². The van der Waals surface area contributed by atoms with Crippen molar-refractivity contribution in [3.63, 3.8) is 0 Å². The van der Waals surface area contributed by atoms with E-state index in [1.807, 2.05) is 67.6 Å². The van der Waals surface area contributed by atoms with Crippen molar-refractivity contribution in [2.75, 3.05) is 26.1 Å². The second kappa shape index (κ2) is 15.1. The molecule has 0 bridgehead atoms. The fourth-order valence-electron chi connectivity index (χ4n) is 6.41. The van der Waals surface area contributed by atoms with Crippen LogP contribution in [0, 0.1) is 20.8 Å². The molecular formula is C41H41N3O6S. The predicted octanol–water partition coefficient (Wildman–Crippen LogP) is 6.79. The van der Waals surface area contributed by atoms with E-state index < -0.39 is 6.04 Å². The Balaban J connectivity index is 1.42. The predicted molar refractivity (Wildman–Crippen MR) is 201 cm³/mol. The number of thiazole rings is 1. The van der Waals surface area contributed by atoms with Crippen LogP contribution in [0.5, 0.6) is 23.0 Å². The summed E-state index contributed by atoms with van der Waals surface area (Å²) in [6, 6.07) is 23.7. The summed E-state index contributed by atoms with van der Waals surface area (Å²) in [5.41, 5.74) is 7.27. The Morgan fingerprint density at radius 3 is 2.31 bits per heavy atom. The van der Waals surface area contributed by atoms with Gasteiger partial charge in [0, 0.05) is 17.3 Å². The third-order valence-electron chi connectivity index (χ3n) is 8.81. The highest BCUT2D eigenvalue weighted by Crippen LogP contribution is 2.38. The lowest BCUT2D eigenvalue weighted by molar-refractivity contribution is -0.113. The number of amides is 1. The molecule has 1 atom stereocenters. The summed E-state index contributed by atoms with van der Waals surface area (Å²) in [5, 5.41) is 2.98. The van der Waals surface area contributed by atoms with Crippen LogP contribution in [0.15, 0.2) is 99.9 Å². The number of aryl methyl sites for hydroxylation is 3. The molecule has 0 radical (unpaired) electrons. The Bertz CT molecular complexity index is 2300. The minimum absolute atomic E-state index is 0.289. The van der Waals surface area contributed by atoms with Gasteiger partial charge in [-0.3, -0.25) is 14.2 Å². The molecule has 1 aliphatic rings. The maximum absolute atomic E-state index is 14.4. The number of aromatic nitrogens is 1. The number of para-hydroxylation sites is 1. The first-order valence-electron chi connectivity index (χ1n) is 16.7. The Morgan fingerprint density at radius 1 is 0.882 bits per heavy atom. The topological polar surface area (TPSA) is 100 Å². The zero-order chi connectivity index (χ0) is 36.2. The van der Waals surface area contributed by atoms with Gasteiger partial charge in [-0.05, 0) is 99.3 Å². The summed E-state index contributed by atoms with van der Waals surface area (Å²) in [4.78, 5) is 33.6. The van der Waals surface area contributed by atoms with Gasteiger partial charge in [0.25, 0.3) is 11.5 Å².